The number of aliphatic carboxylic acids is 1. The van der Waals surface area contributed by atoms with Gasteiger partial charge in [0.25, 0.3) is 0 Å². The Morgan fingerprint density at radius 2 is 2.18 bits per heavy atom. The van der Waals surface area contributed by atoms with Crippen molar-refractivity contribution in [3.8, 4) is 0 Å². The summed E-state index contributed by atoms with van der Waals surface area (Å²) in [4.78, 5) is 21.5. The molecule has 2 rings (SSSR count). The first kappa shape index (κ1) is 12.3. The number of carboxylic acid groups (broad SMARTS) is 1. The van der Waals surface area contributed by atoms with Gasteiger partial charge in [-0.3, -0.25) is 9.00 Å². The summed E-state index contributed by atoms with van der Waals surface area (Å²) in [6, 6.07) is -0.256. The highest BCUT2D eigenvalue weighted by molar-refractivity contribution is 7.86. The van der Waals surface area contributed by atoms with Crippen LogP contribution in [0.15, 0.2) is 0 Å². The lowest BCUT2D eigenvalue weighted by atomic mass is 10.0. The molecule has 0 aromatic carbocycles. The van der Waals surface area contributed by atoms with Crippen LogP contribution in [0.3, 0.4) is 0 Å². The number of carboxylic acids is 1. The van der Waals surface area contributed by atoms with Crippen LogP contribution in [0.2, 0.25) is 0 Å². The Bertz CT molecular complexity index is 360. The third kappa shape index (κ3) is 2.77. The van der Waals surface area contributed by atoms with Gasteiger partial charge in [0.15, 0.2) is 0 Å². The average molecular weight is 260 g/mol. The first-order valence-corrected chi connectivity index (χ1v) is 7.12. The highest BCUT2D eigenvalue weighted by Gasteiger charge is 2.46. The molecule has 0 radical (unpaired) electrons. The van der Waals surface area contributed by atoms with Gasteiger partial charge in [0.2, 0.25) is 0 Å². The van der Waals surface area contributed by atoms with Crippen LogP contribution in [0.5, 0.6) is 0 Å². The number of hydrogen-bond donors (Lipinski definition) is 3. The van der Waals surface area contributed by atoms with E-state index >= 15 is 0 Å². The number of amides is 2. The number of unbranched alkanes of at least 4 members (excludes halogenated alkanes) is 1. The second kappa shape index (κ2) is 5.03. The molecule has 4 atom stereocenters. The van der Waals surface area contributed by atoms with Crippen molar-refractivity contribution >= 4 is 22.8 Å². The molecule has 2 amide bonds. The molecular formula is C10H16N2O4S. The molecule has 2 aliphatic rings. The quantitative estimate of drug-likeness (QED) is 0.471. The first-order valence-electron chi connectivity index (χ1n) is 5.74. The summed E-state index contributed by atoms with van der Waals surface area (Å²) < 4.78 is 11.8. The van der Waals surface area contributed by atoms with Crippen molar-refractivity contribution in [3.05, 3.63) is 0 Å². The van der Waals surface area contributed by atoms with Crippen molar-refractivity contribution in [1.82, 2.24) is 10.6 Å². The summed E-state index contributed by atoms with van der Waals surface area (Å²) in [5.41, 5.74) is 0. The van der Waals surface area contributed by atoms with E-state index in [1.54, 1.807) is 0 Å². The van der Waals surface area contributed by atoms with E-state index in [0.29, 0.717) is 18.6 Å². The van der Waals surface area contributed by atoms with Gasteiger partial charge in [-0.05, 0) is 12.8 Å². The predicted molar refractivity (Wildman–Crippen MR) is 62.1 cm³/mol. The number of hydrogen-bond acceptors (Lipinski definition) is 3. The molecule has 17 heavy (non-hydrogen) atoms. The summed E-state index contributed by atoms with van der Waals surface area (Å²) >= 11 is 0. The Kier molecular flexibility index (Phi) is 3.66. The second-order valence-corrected chi connectivity index (χ2v) is 6.18. The first-order chi connectivity index (χ1) is 8.08. The lowest BCUT2D eigenvalue weighted by Gasteiger charge is -2.15. The Hall–Kier alpha value is -1.11. The number of rotatable bonds is 5. The van der Waals surface area contributed by atoms with Crippen molar-refractivity contribution in [1.29, 1.82) is 0 Å². The molecule has 0 aliphatic carbocycles. The lowest BCUT2D eigenvalue weighted by molar-refractivity contribution is -0.137. The highest BCUT2D eigenvalue weighted by atomic mass is 32.2. The van der Waals surface area contributed by atoms with Crippen molar-refractivity contribution in [2.75, 3.05) is 5.75 Å². The fourth-order valence-corrected chi connectivity index (χ4v) is 4.35. The summed E-state index contributed by atoms with van der Waals surface area (Å²) in [7, 11) is -0.923. The molecule has 0 aromatic heterocycles. The average Bonchev–Trinajstić information content (AvgIpc) is 2.69. The van der Waals surface area contributed by atoms with Gasteiger partial charge in [-0.15, -0.1) is 0 Å². The molecule has 0 bridgehead atoms. The summed E-state index contributed by atoms with van der Waals surface area (Å²) in [5, 5.41) is 14.0. The number of nitrogens with one attached hydrogen (secondary N) is 2. The molecule has 3 N–H and O–H groups in total. The molecule has 2 heterocycles. The number of carbonyl (C=O) groups excluding carboxylic acids is 1. The highest BCUT2D eigenvalue weighted by Crippen LogP contribution is 2.25. The van der Waals surface area contributed by atoms with E-state index < -0.39 is 16.8 Å². The van der Waals surface area contributed by atoms with E-state index in [1.165, 1.54) is 0 Å². The van der Waals surface area contributed by atoms with E-state index in [2.05, 4.69) is 10.6 Å². The maximum absolute atomic E-state index is 11.8. The zero-order valence-electron chi connectivity index (χ0n) is 9.35. The van der Waals surface area contributed by atoms with Crippen LogP contribution in [0.25, 0.3) is 0 Å². The van der Waals surface area contributed by atoms with Crippen LogP contribution in [-0.4, -0.2) is 44.4 Å². The van der Waals surface area contributed by atoms with E-state index in [1.807, 2.05) is 0 Å². The summed E-state index contributed by atoms with van der Waals surface area (Å²) in [5.74, 6) is -0.293. The fourth-order valence-electron chi connectivity index (χ4n) is 2.45. The zero-order valence-corrected chi connectivity index (χ0v) is 10.2. The Balaban J connectivity index is 1.81. The van der Waals surface area contributed by atoms with Crippen LogP contribution >= 0.6 is 0 Å². The SMILES string of the molecule is O=C(O)CCCC[C@@H]1[C@H]2NC(=O)N[C@H]2CS1=O. The molecule has 6 nitrogen and oxygen atoms in total. The summed E-state index contributed by atoms with van der Waals surface area (Å²) in [6.45, 7) is 0. The number of urea groups is 1. The lowest BCUT2D eigenvalue weighted by Crippen LogP contribution is -2.38. The van der Waals surface area contributed by atoms with Gasteiger partial charge in [0, 0.05) is 23.0 Å². The molecule has 7 heteroatoms. The molecule has 2 aliphatic heterocycles. The monoisotopic (exact) mass is 260 g/mol. The van der Waals surface area contributed by atoms with E-state index in [4.69, 9.17) is 5.11 Å². The standard InChI is InChI=1S/C10H16N2O4S/c13-8(14)4-2-1-3-7-9-6(5-17(7)16)11-10(15)12-9/h6-7,9H,1-5H2,(H,13,14)(H2,11,12,15)/t6-,7+,9-,17?/m0/s1. The third-order valence-electron chi connectivity index (χ3n) is 3.26. The normalized spacial score (nSPS) is 35.2. The molecule has 1 unspecified atom stereocenters. The summed E-state index contributed by atoms with van der Waals surface area (Å²) in [6.07, 6.45) is 2.20. The van der Waals surface area contributed by atoms with Gasteiger partial charge in [0.05, 0.1) is 17.3 Å². The fraction of sp³-hybridized carbons (Fsp3) is 0.800. The van der Waals surface area contributed by atoms with E-state index in [-0.39, 0.29) is 29.8 Å². The van der Waals surface area contributed by atoms with Crippen LogP contribution in [0.1, 0.15) is 25.7 Å². The number of carbonyl (C=O) groups is 2. The van der Waals surface area contributed by atoms with Crippen molar-refractivity contribution in [3.63, 3.8) is 0 Å². The predicted octanol–water partition coefficient (Wildman–Crippen LogP) is -0.188. The topological polar surface area (TPSA) is 95.5 Å². The smallest absolute Gasteiger partial charge is 0.315 e. The minimum atomic E-state index is -0.923. The Labute approximate surface area is 102 Å². The van der Waals surface area contributed by atoms with Crippen LogP contribution in [-0.2, 0) is 15.6 Å². The minimum absolute atomic E-state index is 0.0205. The van der Waals surface area contributed by atoms with Gasteiger partial charge < -0.3 is 15.7 Å². The maximum atomic E-state index is 11.8. The van der Waals surface area contributed by atoms with Crippen molar-refractivity contribution in [2.45, 2.75) is 43.0 Å². The molecule has 0 spiro atoms. The molecular weight excluding hydrogens is 244 g/mol. The molecule has 0 saturated carbocycles. The van der Waals surface area contributed by atoms with Crippen LogP contribution in [0, 0.1) is 0 Å². The molecule has 2 fully saturated rings. The van der Waals surface area contributed by atoms with Crippen molar-refractivity contribution in [2.24, 2.45) is 0 Å². The van der Waals surface area contributed by atoms with E-state index in [9.17, 15) is 13.8 Å². The van der Waals surface area contributed by atoms with Gasteiger partial charge in [0.1, 0.15) is 0 Å². The van der Waals surface area contributed by atoms with E-state index in [0.717, 1.165) is 6.42 Å². The maximum Gasteiger partial charge on any atom is 0.315 e. The van der Waals surface area contributed by atoms with Crippen LogP contribution < -0.4 is 10.6 Å². The van der Waals surface area contributed by atoms with Crippen LogP contribution in [0.4, 0.5) is 4.79 Å². The van der Waals surface area contributed by atoms with Gasteiger partial charge in [-0.1, -0.05) is 6.42 Å². The van der Waals surface area contributed by atoms with Gasteiger partial charge >= 0.3 is 12.0 Å². The molecule has 0 aromatic rings. The van der Waals surface area contributed by atoms with Crippen molar-refractivity contribution < 1.29 is 18.9 Å². The largest absolute Gasteiger partial charge is 0.481 e. The third-order valence-corrected chi connectivity index (χ3v) is 5.15. The molecule has 96 valence electrons. The van der Waals surface area contributed by atoms with Gasteiger partial charge in [-0.2, -0.15) is 0 Å². The zero-order chi connectivity index (χ0) is 12.4. The number of fused-ring (bicyclic) bond motifs is 1. The Morgan fingerprint density at radius 1 is 1.41 bits per heavy atom. The second-order valence-electron chi connectivity index (χ2n) is 4.48. The molecule has 2 saturated heterocycles. The minimum Gasteiger partial charge on any atom is -0.481 e. The van der Waals surface area contributed by atoms with Gasteiger partial charge in [-0.25, -0.2) is 4.79 Å². The Morgan fingerprint density at radius 3 is 2.88 bits per heavy atom.